The van der Waals surface area contributed by atoms with Crippen molar-refractivity contribution in [1.82, 2.24) is 0 Å². The van der Waals surface area contributed by atoms with Crippen molar-refractivity contribution in [3.8, 4) is 11.1 Å². The maximum atomic E-state index is 14.6. The first-order valence-electron chi connectivity index (χ1n) is 8.96. The zero-order valence-corrected chi connectivity index (χ0v) is 17.2. The maximum Gasteiger partial charge on any atom is 0.228 e. The summed E-state index contributed by atoms with van der Waals surface area (Å²) >= 11 is 6.24. The first-order valence-corrected chi connectivity index (χ1v) is 11.0. The molecular weight excluding hydrogens is 413 g/mol. The molecule has 3 aromatic carbocycles. The van der Waals surface area contributed by atoms with Gasteiger partial charge in [0.1, 0.15) is 5.82 Å². The van der Waals surface area contributed by atoms with E-state index in [-0.39, 0.29) is 39.2 Å². The molecule has 0 saturated carbocycles. The van der Waals surface area contributed by atoms with E-state index < -0.39 is 15.7 Å². The molecule has 0 atom stereocenters. The van der Waals surface area contributed by atoms with Crippen LogP contribution < -0.4 is 5.32 Å². The Morgan fingerprint density at radius 1 is 1.03 bits per heavy atom. The van der Waals surface area contributed by atoms with Gasteiger partial charge in [-0.15, -0.1) is 0 Å². The lowest BCUT2D eigenvalue weighted by Gasteiger charge is -2.11. The van der Waals surface area contributed by atoms with E-state index in [9.17, 15) is 17.6 Å². The van der Waals surface area contributed by atoms with E-state index in [1.54, 1.807) is 43.3 Å². The summed E-state index contributed by atoms with van der Waals surface area (Å²) in [7, 11) is -3.29. The van der Waals surface area contributed by atoms with E-state index in [2.05, 4.69) is 5.32 Å². The number of carbonyl (C=O) groups excluding carboxylic acids is 1. The molecule has 0 aromatic heterocycles. The second kappa shape index (κ2) is 8.76. The summed E-state index contributed by atoms with van der Waals surface area (Å²) in [6, 6.07) is 17.8. The lowest BCUT2D eigenvalue weighted by molar-refractivity contribution is -0.115. The summed E-state index contributed by atoms with van der Waals surface area (Å²) in [6.45, 7) is 1.57. The second-order valence-corrected chi connectivity index (χ2v) is 9.14. The quantitative estimate of drug-likeness (QED) is 0.589. The van der Waals surface area contributed by atoms with Crippen molar-refractivity contribution in [2.75, 3.05) is 11.1 Å². The lowest BCUT2D eigenvalue weighted by Crippen LogP contribution is -2.15. The Bertz CT molecular complexity index is 1110. The summed E-state index contributed by atoms with van der Waals surface area (Å²) in [5.41, 5.74) is 1.82. The molecule has 0 aliphatic rings. The highest BCUT2D eigenvalue weighted by atomic mass is 35.5. The highest BCUT2D eigenvalue weighted by Crippen LogP contribution is 2.33. The van der Waals surface area contributed by atoms with Gasteiger partial charge in [-0.05, 0) is 35.4 Å². The SMILES string of the molecule is CCS(=O)(=O)c1ccc(CC(=O)Nc2cc(F)c(-c3ccccc3)c(Cl)c2)cc1. The zero-order chi connectivity index (χ0) is 21.0. The fraction of sp³-hybridized carbons (Fsp3) is 0.136. The standard InChI is InChI=1S/C22H19ClFNO3S/c1-2-29(27,28)18-10-8-15(9-11-18)12-21(26)25-17-13-19(23)22(20(24)14-17)16-6-4-3-5-7-16/h3-11,13-14H,2,12H2,1H3,(H,25,26). The minimum Gasteiger partial charge on any atom is -0.326 e. The molecule has 0 unspecified atom stereocenters. The Hall–Kier alpha value is -2.70. The monoisotopic (exact) mass is 431 g/mol. The van der Waals surface area contributed by atoms with Crippen LogP contribution in [0.1, 0.15) is 12.5 Å². The van der Waals surface area contributed by atoms with E-state index in [0.717, 1.165) is 0 Å². The van der Waals surface area contributed by atoms with Crippen LogP contribution in [0.15, 0.2) is 71.6 Å². The molecule has 1 amide bonds. The molecule has 0 saturated heterocycles. The van der Waals surface area contributed by atoms with Crippen molar-refractivity contribution >= 4 is 33.0 Å². The fourth-order valence-corrected chi connectivity index (χ4v) is 4.10. The minimum atomic E-state index is -3.29. The molecule has 3 aromatic rings. The predicted octanol–water partition coefficient (Wildman–Crippen LogP) is 5.12. The van der Waals surface area contributed by atoms with Crippen LogP contribution in [0.3, 0.4) is 0 Å². The number of rotatable bonds is 6. The Labute approximate surface area is 174 Å². The molecular formula is C22H19ClFNO3S. The Morgan fingerprint density at radius 3 is 2.28 bits per heavy atom. The van der Waals surface area contributed by atoms with E-state index in [1.165, 1.54) is 24.3 Å². The fourth-order valence-electron chi connectivity index (χ4n) is 2.90. The van der Waals surface area contributed by atoms with Crippen molar-refractivity contribution in [3.05, 3.63) is 83.1 Å². The molecule has 0 bridgehead atoms. The van der Waals surface area contributed by atoms with Gasteiger partial charge in [0.2, 0.25) is 5.91 Å². The molecule has 0 aliphatic carbocycles. The Kier molecular flexibility index (Phi) is 6.35. The molecule has 0 spiro atoms. The van der Waals surface area contributed by atoms with Crippen molar-refractivity contribution < 1.29 is 17.6 Å². The topological polar surface area (TPSA) is 63.2 Å². The normalized spacial score (nSPS) is 11.3. The number of hydrogen-bond acceptors (Lipinski definition) is 3. The molecule has 4 nitrogen and oxygen atoms in total. The lowest BCUT2D eigenvalue weighted by atomic mass is 10.0. The van der Waals surface area contributed by atoms with Crippen LogP contribution in [0.4, 0.5) is 10.1 Å². The van der Waals surface area contributed by atoms with Gasteiger partial charge in [-0.1, -0.05) is 61.0 Å². The van der Waals surface area contributed by atoms with Gasteiger partial charge >= 0.3 is 0 Å². The molecule has 1 N–H and O–H groups in total. The third-order valence-corrected chi connectivity index (χ3v) is 6.46. The van der Waals surface area contributed by atoms with Gasteiger partial charge in [0.25, 0.3) is 0 Å². The molecule has 0 aliphatic heterocycles. The summed E-state index contributed by atoms with van der Waals surface area (Å²) < 4.78 is 38.3. The largest absolute Gasteiger partial charge is 0.326 e. The van der Waals surface area contributed by atoms with Gasteiger partial charge in [-0.3, -0.25) is 4.79 Å². The highest BCUT2D eigenvalue weighted by molar-refractivity contribution is 7.91. The molecule has 3 rings (SSSR count). The first kappa shape index (κ1) is 21.0. The first-order chi connectivity index (χ1) is 13.8. The molecule has 29 heavy (non-hydrogen) atoms. The number of benzene rings is 3. The van der Waals surface area contributed by atoms with Crippen LogP contribution in [0, 0.1) is 5.82 Å². The zero-order valence-electron chi connectivity index (χ0n) is 15.7. The number of halogens is 2. The summed E-state index contributed by atoms with van der Waals surface area (Å²) in [5, 5.41) is 2.82. The van der Waals surface area contributed by atoms with Gasteiger partial charge in [0.15, 0.2) is 9.84 Å². The molecule has 7 heteroatoms. The second-order valence-electron chi connectivity index (χ2n) is 6.45. The van der Waals surface area contributed by atoms with Gasteiger partial charge in [0.05, 0.1) is 22.1 Å². The van der Waals surface area contributed by atoms with Crippen molar-refractivity contribution in [1.29, 1.82) is 0 Å². The van der Waals surface area contributed by atoms with E-state index in [1.807, 2.05) is 6.07 Å². The number of sulfone groups is 1. The van der Waals surface area contributed by atoms with Crippen LogP contribution in [0.2, 0.25) is 5.02 Å². The Morgan fingerprint density at radius 2 is 1.69 bits per heavy atom. The van der Waals surface area contributed by atoms with Crippen LogP contribution in [-0.2, 0) is 21.1 Å². The van der Waals surface area contributed by atoms with Gasteiger partial charge in [-0.2, -0.15) is 0 Å². The Balaban J connectivity index is 1.73. The van der Waals surface area contributed by atoms with E-state index in [4.69, 9.17) is 11.6 Å². The van der Waals surface area contributed by atoms with Crippen LogP contribution >= 0.6 is 11.6 Å². The van der Waals surface area contributed by atoms with Crippen molar-refractivity contribution in [2.45, 2.75) is 18.2 Å². The number of amides is 1. The number of hydrogen-bond donors (Lipinski definition) is 1. The smallest absolute Gasteiger partial charge is 0.228 e. The van der Waals surface area contributed by atoms with Crippen molar-refractivity contribution in [2.24, 2.45) is 0 Å². The van der Waals surface area contributed by atoms with E-state index in [0.29, 0.717) is 11.1 Å². The third kappa shape index (κ3) is 5.02. The highest BCUT2D eigenvalue weighted by Gasteiger charge is 2.14. The number of anilines is 1. The van der Waals surface area contributed by atoms with Gasteiger partial charge in [0, 0.05) is 11.3 Å². The third-order valence-electron chi connectivity index (χ3n) is 4.42. The molecule has 0 radical (unpaired) electrons. The van der Waals surface area contributed by atoms with Crippen LogP contribution in [-0.4, -0.2) is 20.1 Å². The average molecular weight is 432 g/mol. The number of carbonyl (C=O) groups is 1. The molecule has 0 fully saturated rings. The van der Waals surface area contributed by atoms with Crippen LogP contribution in [0.25, 0.3) is 11.1 Å². The average Bonchev–Trinajstić information content (AvgIpc) is 2.68. The predicted molar refractivity (Wildman–Crippen MR) is 113 cm³/mol. The van der Waals surface area contributed by atoms with Gasteiger partial charge < -0.3 is 5.32 Å². The summed E-state index contributed by atoms with van der Waals surface area (Å²) in [4.78, 5) is 12.5. The van der Waals surface area contributed by atoms with E-state index >= 15 is 0 Å². The van der Waals surface area contributed by atoms with Gasteiger partial charge in [-0.25, -0.2) is 12.8 Å². The number of nitrogens with one attached hydrogen (secondary N) is 1. The summed E-state index contributed by atoms with van der Waals surface area (Å²) in [6.07, 6.45) is 0.0200. The minimum absolute atomic E-state index is 0.0120. The molecule has 150 valence electrons. The maximum absolute atomic E-state index is 14.6. The molecule has 0 heterocycles. The van der Waals surface area contributed by atoms with Crippen LogP contribution in [0.5, 0.6) is 0 Å². The summed E-state index contributed by atoms with van der Waals surface area (Å²) in [5.74, 6) is -0.884. The van der Waals surface area contributed by atoms with Crippen molar-refractivity contribution in [3.63, 3.8) is 0 Å².